The summed E-state index contributed by atoms with van der Waals surface area (Å²) in [5.74, 6) is -0.275. The lowest BCUT2D eigenvalue weighted by atomic mass is 9.92. The number of likely N-dealkylation sites (tertiary alicyclic amines) is 1. The molecule has 1 unspecified atom stereocenters. The van der Waals surface area contributed by atoms with Gasteiger partial charge >= 0.3 is 0 Å². The molecular weight excluding hydrogens is 218 g/mol. The van der Waals surface area contributed by atoms with Gasteiger partial charge in [0.2, 0.25) is 11.8 Å². The number of primary amides is 1. The first-order valence-electron chi connectivity index (χ1n) is 6.20. The fourth-order valence-corrected chi connectivity index (χ4v) is 1.96. The largest absolute Gasteiger partial charge is 0.369 e. The van der Waals surface area contributed by atoms with Gasteiger partial charge in [-0.05, 0) is 33.2 Å². The number of nitrogens with two attached hydrogens (primary N) is 1. The highest BCUT2D eigenvalue weighted by Crippen LogP contribution is 2.20. The van der Waals surface area contributed by atoms with Crippen molar-refractivity contribution in [2.75, 3.05) is 19.6 Å². The highest BCUT2D eigenvalue weighted by molar-refractivity contribution is 5.85. The van der Waals surface area contributed by atoms with E-state index < -0.39 is 5.41 Å². The number of nitrogens with one attached hydrogen (secondary N) is 1. The van der Waals surface area contributed by atoms with Crippen LogP contribution in [0, 0.1) is 5.41 Å². The summed E-state index contributed by atoms with van der Waals surface area (Å²) in [6.45, 7) is 7.58. The average molecular weight is 241 g/mol. The Bertz CT molecular complexity index is 302. The average Bonchev–Trinajstić information content (AvgIpc) is 2.57. The Balaban J connectivity index is 2.53. The molecule has 0 saturated carbocycles. The minimum atomic E-state index is -0.657. The van der Waals surface area contributed by atoms with Gasteiger partial charge in [0.15, 0.2) is 0 Å². The van der Waals surface area contributed by atoms with Gasteiger partial charge < -0.3 is 16.0 Å². The molecule has 1 atom stereocenters. The molecule has 1 fully saturated rings. The first-order chi connectivity index (χ1) is 7.88. The summed E-state index contributed by atoms with van der Waals surface area (Å²) in [6, 6.07) is -0.0846. The molecule has 1 aliphatic rings. The van der Waals surface area contributed by atoms with Gasteiger partial charge in [-0.2, -0.15) is 0 Å². The standard InChI is InChI=1S/C12H23N3O2/c1-4-6-14-9-5-7-15(10(9)16)8-12(2,3)11(13)17/h9,14H,4-8H2,1-3H3,(H2,13,17). The van der Waals surface area contributed by atoms with E-state index in [-0.39, 0.29) is 17.9 Å². The van der Waals surface area contributed by atoms with E-state index in [2.05, 4.69) is 12.2 Å². The summed E-state index contributed by atoms with van der Waals surface area (Å²) in [4.78, 5) is 25.0. The number of hydrogen-bond donors (Lipinski definition) is 2. The Morgan fingerprint density at radius 2 is 2.24 bits per heavy atom. The summed E-state index contributed by atoms with van der Waals surface area (Å²) in [6.07, 6.45) is 1.82. The molecule has 5 nitrogen and oxygen atoms in total. The van der Waals surface area contributed by atoms with Crippen molar-refractivity contribution in [3.63, 3.8) is 0 Å². The predicted molar refractivity (Wildman–Crippen MR) is 66.3 cm³/mol. The van der Waals surface area contributed by atoms with Crippen LogP contribution in [0.1, 0.15) is 33.6 Å². The van der Waals surface area contributed by atoms with E-state index in [1.807, 2.05) is 0 Å². The molecule has 2 amide bonds. The van der Waals surface area contributed by atoms with Crippen LogP contribution in [0.5, 0.6) is 0 Å². The molecule has 0 spiro atoms. The number of nitrogens with zero attached hydrogens (tertiary/aromatic N) is 1. The topological polar surface area (TPSA) is 75.4 Å². The highest BCUT2D eigenvalue weighted by Gasteiger charge is 2.36. The molecule has 1 aliphatic heterocycles. The van der Waals surface area contributed by atoms with Crippen LogP contribution < -0.4 is 11.1 Å². The Morgan fingerprint density at radius 1 is 1.59 bits per heavy atom. The van der Waals surface area contributed by atoms with Crippen LogP contribution in [0.25, 0.3) is 0 Å². The maximum atomic E-state index is 12.0. The number of carbonyl (C=O) groups excluding carboxylic acids is 2. The van der Waals surface area contributed by atoms with Crippen LogP contribution in [-0.2, 0) is 9.59 Å². The molecule has 3 N–H and O–H groups in total. The van der Waals surface area contributed by atoms with Gasteiger partial charge in [0.1, 0.15) is 0 Å². The third kappa shape index (κ3) is 3.43. The van der Waals surface area contributed by atoms with Gasteiger partial charge in [-0.3, -0.25) is 9.59 Å². The van der Waals surface area contributed by atoms with Gasteiger partial charge in [0.05, 0.1) is 11.5 Å². The van der Waals surface area contributed by atoms with Gasteiger partial charge in [-0.1, -0.05) is 6.92 Å². The van der Waals surface area contributed by atoms with Crippen molar-refractivity contribution in [1.82, 2.24) is 10.2 Å². The molecule has 0 aromatic carbocycles. The minimum Gasteiger partial charge on any atom is -0.369 e. The second kappa shape index (κ2) is 5.49. The highest BCUT2D eigenvalue weighted by atomic mass is 16.2. The molecular formula is C12H23N3O2. The van der Waals surface area contributed by atoms with E-state index in [9.17, 15) is 9.59 Å². The molecule has 98 valence electrons. The summed E-state index contributed by atoms with van der Waals surface area (Å²) in [5.41, 5.74) is 4.66. The molecule has 17 heavy (non-hydrogen) atoms. The Hall–Kier alpha value is -1.10. The van der Waals surface area contributed by atoms with Crippen LogP contribution in [0.3, 0.4) is 0 Å². The lowest BCUT2D eigenvalue weighted by Gasteiger charge is -2.27. The zero-order valence-electron chi connectivity index (χ0n) is 11.0. The Morgan fingerprint density at radius 3 is 2.76 bits per heavy atom. The van der Waals surface area contributed by atoms with E-state index >= 15 is 0 Å². The molecule has 1 saturated heterocycles. The van der Waals surface area contributed by atoms with Crippen molar-refractivity contribution in [2.24, 2.45) is 11.1 Å². The van der Waals surface area contributed by atoms with Crippen LogP contribution in [0.4, 0.5) is 0 Å². The van der Waals surface area contributed by atoms with E-state index in [0.29, 0.717) is 13.1 Å². The smallest absolute Gasteiger partial charge is 0.239 e. The third-order valence-electron chi connectivity index (χ3n) is 3.19. The van der Waals surface area contributed by atoms with E-state index in [0.717, 1.165) is 19.4 Å². The van der Waals surface area contributed by atoms with E-state index in [4.69, 9.17) is 5.73 Å². The molecule has 1 heterocycles. The van der Waals surface area contributed by atoms with E-state index in [1.54, 1.807) is 18.7 Å². The van der Waals surface area contributed by atoms with Crippen LogP contribution in [-0.4, -0.2) is 42.4 Å². The molecule has 0 aromatic rings. The fraction of sp³-hybridized carbons (Fsp3) is 0.833. The van der Waals surface area contributed by atoms with Crippen LogP contribution >= 0.6 is 0 Å². The fourth-order valence-electron chi connectivity index (χ4n) is 1.96. The number of hydrogen-bond acceptors (Lipinski definition) is 3. The molecule has 0 bridgehead atoms. The van der Waals surface area contributed by atoms with Crippen LogP contribution in [0.15, 0.2) is 0 Å². The quantitative estimate of drug-likeness (QED) is 0.692. The van der Waals surface area contributed by atoms with Crippen molar-refractivity contribution in [3.8, 4) is 0 Å². The Labute approximate surface area is 103 Å². The van der Waals surface area contributed by atoms with Crippen molar-refractivity contribution < 1.29 is 9.59 Å². The van der Waals surface area contributed by atoms with Crippen LogP contribution in [0.2, 0.25) is 0 Å². The molecule has 1 rings (SSSR count). The van der Waals surface area contributed by atoms with Gasteiger partial charge in [0, 0.05) is 13.1 Å². The van der Waals surface area contributed by atoms with Crippen molar-refractivity contribution in [2.45, 2.75) is 39.7 Å². The number of amides is 2. The zero-order valence-corrected chi connectivity index (χ0v) is 11.0. The number of carbonyl (C=O) groups is 2. The first-order valence-corrected chi connectivity index (χ1v) is 6.20. The zero-order chi connectivity index (χ0) is 13.1. The van der Waals surface area contributed by atoms with Gasteiger partial charge in [0.25, 0.3) is 0 Å². The second-order valence-corrected chi connectivity index (χ2v) is 5.30. The summed E-state index contributed by atoms with van der Waals surface area (Å²) in [5, 5.41) is 3.22. The Kier molecular flexibility index (Phi) is 4.51. The maximum Gasteiger partial charge on any atom is 0.239 e. The molecule has 5 heteroatoms. The SMILES string of the molecule is CCCNC1CCN(CC(C)(C)C(N)=O)C1=O. The summed E-state index contributed by atoms with van der Waals surface area (Å²) < 4.78 is 0. The predicted octanol–water partition coefficient (Wildman–Crippen LogP) is 0.0984. The van der Waals surface area contributed by atoms with Gasteiger partial charge in [-0.15, -0.1) is 0 Å². The lowest BCUT2D eigenvalue weighted by molar-refractivity contribution is -0.133. The summed E-state index contributed by atoms with van der Waals surface area (Å²) in [7, 11) is 0. The first kappa shape index (κ1) is 14.0. The van der Waals surface area contributed by atoms with Crippen molar-refractivity contribution in [1.29, 1.82) is 0 Å². The monoisotopic (exact) mass is 241 g/mol. The maximum absolute atomic E-state index is 12.0. The molecule has 0 aliphatic carbocycles. The lowest BCUT2D eigenvalue weighted by Crippen LogP contribution is -2.45. The van der Waals surface area contributed by atoms with Crippen molar-refractivity contribution >= 4 is 11.8 Å². The number of rotatable bonds is 6. The minimum absolute atomic E-state index is 0.0846. The van der Waals surface area contributed by atoms with Crippen molar-refractivity contribution in [3.05, 3.63) is 0 Å². The third-order valence-corrected chi connectivity index (χ3v) is 3.19. The summed E-state index contributed by atoms with van der Waals surface area (Å²) >= 11 is 0. The molecule has 0 aromatic heterocycles. The van der Waals surface area contributed by atoms with E-state index in [1.165, 1.54) is 0 Å². The van der Waals surface area contributed by atoms with Gasteiger partial charge in [-0.25, -0.2) is 0 Å². The molecule has 0 radical (unpaired) electrons. The normalized spacial score (nSPS) is 21.0. The second-order valence-electron chi connectivity index (χ2n) is 5.30.